The van der Waals surface area contributed by atoms with Crippen LogP contribution >= 0.6 is 11.8 Å². The molecule has 0 radical (unpaired) electrons. The standard InChI is InChI=1S/C22H24N6OS/c23-14-22(10-4-1-5-11-22)25-19(29)13-30-21-27-26-20(28(21)15-8-9-15)17-12-24-18-7-3-2-6-16(17)18/h2-3,6-7,12,15,24H,1,4-5,8-11,13H2,(H,25,29). The summed E-state index contributed by atoms with van der Waals surface area (Å²) in [5, 5.41) is 23.4. The number of hydrogen-bond donors (Lipinski definition) is 2. The first-order valence-corrected chi connectivity index (χ1v) is 11.5. The van der Waals surface area contributed by atoms with E-state index in [1.807, 2.05) is 24.4 Å². The van der Waals surface area contributed by atoms with Crippen LogP contribution in [0.5, 0.6) is 0 Å². The summed E-state index contributed by atoms with van der Waals surface area (Å²) in [5.74, 6) is 0.975. The first-order valence-electron chi connectivity index (χ1n) is 10.6. The number of carbonyl (C=O) groups excluding carboxylic acids is 1. The molecule has 2 heterocycles. The van der Waals surface area contributed by atoms with Crippen molar-refractivity contribution in [1.82, 2.24) is 25.1 Å². The van der Waals surface area contributed by atoms with Gasteiger partial charge >= 0.3 is 0 Å². The van der Waals surface area contributed by atoms with Crippen LogP contribution in [0.3, 0.4) is 0 Å². The van der Waals surface area contributed by atoms with E-state index in [1.54, 1.807) is 0 Å². The van der Waals surface area contributed by atoms with Gasteiger partial charge < -0.3 is 10.3 Å². The molecule has 2 aliphatic rings. The molecule has 0 unspecified atom stereocenters. The van der Waals surface area contributed by atoms with Gasteiger partial charge in [-0.1, -0.05) is 49.2 Å². The molecule has 2 aromatic heterocycles. The van der Waals surface area contributed by atoms with Gasteiger partial charge in [0, 0.05) is 28.7 Å². The summed E-state index contributed by atoms with van der Waals surface area (Å²) in [4.78, 5) is 15.9. The van der Waals surface area contributed by atoms with Crippen molar-refractivity contribution >= 4 is 28.6 Å². The van der Waals surface area contributed by atoms with Gasteiger partial charge in [-0.05, 0) is 31.7 Å². The number of aromatic nitrogens is 4. The lowest BCUT2D eigenvalue weighted by atomic mass is 9.83. The normalized spacial score (nSPS) is 18.2. The zero-order chi connectivity index (χ0) is 20.6. The average Bonchev–Trinajstić information content (AvgIpc) is 3.39. The lowest BCUT2D eigenvalue weighted by Crippen LogP contribution is -2.49. The minimum atomic E-state index is -0.699. The fourth-order valence-electron chi connectivity index (χ4n) is 4.33. The number of nitrogens with zero attached hydrogens (tertiary/aromatic N) is 4. The Labute approximate surface area is 179 Å². The zero-order valence-corrected chi connectivity index (χ0v) is 17.5. The quantitative estimate of drug-likeness (QED) is 0.582. The predicted octanol–water partition coefficient (Wildman–Crippen LogP) is 4.20. The fourth-order valence-corrected chi connectivity index (χ4v) is 5.14. The molecule has 0 spiro atoms. The Kier molecular flexibility index (Phi) is 4.99. The van der Waals surface area contributed by atoms with Crippen LogP contribution in [-0.4, -0.2) is 36.9 Å². The Morgan fingerprint density at radius 3 is 2.83 bits per heavy atom. The molecule has 7 nitrogen and oxygen atoms in total. The second kappa shape index (κ2) is 7.80. The van der Waals surface area contributed by atoms with Crippen molar-refractivity contribution in [2.24, 2.45) is 0 Å². The van der Waals surface area contributed by atoms with Gasteiger partial charge in [-0.2, -0.15) is 5.26 Å². The van der Waals surface area contributed by atoms with E-state index in [0.29, 0.717) is 6.04 Å². The third-order valence-corrected chi connectivity index (χ3v) is 6.98. The summed E-state index contributed by atoms with van der Waals surface area (Å²) >= 11 is 1.40. The second-order valence-corrected chi connectivity index (χ2v) is 9.19. The summed E-state index contributed by atoms with van der Waals surface area (Å²) in [5.41, 5.74) is 1.41. The maximum Gasteiger partial charge on any atom is 0.231 e. The highest BCUT2D eigenvalue weighted by atomic mass is 32.2. The number of benzene rings is 1. The van der Waals surface area contributed by atoms with Gasteiger partial charge in [0.15, 0.2) is 11.0 Å². The van der Waals surface area contributed by atoms with Gasteiger partial charge in [0.25, 0.3) is 0 Å². The molecule has 8 heteroatoms. The second-order valence-electron chi connectivity index (χ2n) is 8.25. The van der Waals surface area contributed by atoms with Crippen molar-refractivity contribution in [2.75, 3.05) is 5.75 Å². The fraction of sp³-hybridized carbons (Fsp3) is 0.455. The van der Waals surface area contributed by atoms with Crippen molar-refractivity contribution in [2.45, 2.75) is 61.7 Å². The molecule has 3 aromatic rings. The van der Waals surface area contributed by atoms with Crippen molar-refractivity contribution in [1.29, 1.82) is 5.26 Å². The van der Waals surface area contributed by atoms with Crippen molar-refractivity contribution in [3.8, 4) is 17.5 Å². The number of fused-ring (bicyclic) bond motifs is 1. The summed E-state index contributed by atoms with van der Waals surface area (Å²) < 4.78 is 2.17. The van der Waals surface area contributed by atoms with E-state index in [1.165, 1.54) is 11.8 Å². The summed E-state index contributed by atoms with van der Waals surface area (Å²) in [6.07, 6.45) is 8.78. The van der Waals surface area contributed by atoms with E-state index in [-0.39, 0.29) is 11.7 Å². The highest BCUT2D eigenvalue weighted by Gasteiger charge is 2.34. The molecule has 0 bridgehead atoms. The van der Waals surface area contributed by atoms with Crippen LogP contribution in [-0.2, 0) is 4.79 Å². The Morgan fingerprint density at radius 2 is 2.07 bits per heavy atom. The third-order valence-electron chi connectivity index (χ3n) is 6.04. The number of amides is 1. The summed E-state index contributed by atoms with van der Waals surface area (Å²) in [7, 11) is 0. The zero-order valence-electron chi connectivity index (χ0n) is 16.7. The van der Waals surface area contributed by atoms with Gasteiger partial charge in [-0.25, -0.2) is 0 Å². The van der Waals surface area contributed by atoms with Crippen LogP contribution < -0.4 is 5.32 Å². The molecule has 0 atom stereocenters. The number of nitrogens with one attached hydrogen (secondary N) is 2. The average molecular weight is 421 g/mol. The van der Waals surface area contributed by atoms with Crippen LogP contribution in [0, 0.1) is 11.3 Å². The lowest BCUT2D eigenvalue weighted by molar-refractivity contribution is -0.120. The smallest absolute Gasteiger partial charge is 0.231 e. The minimum absolute atomic E-state index is 0.109. The number of H-pyrrole nitrogens is 1. The molecule has 154 valence electrons. The Hall–Kier alpha value is -2.79. The third kappa shape index (κ3) is 3.58. The highest BCUT2D eigenvalue weighted by molar-refractivity contribution is 7.99. The number of carbonyl (C=O) groups is 1. The molecule has 2 saturated carbocycles. The van der Waals surface area contributed by atoms with Crippen LogP contribution in [0.25, 0.3) is 22.3 Å². The summed E-state index contributed by atoms with van der Waals surface area (Å²) in [6, 6.07) is 10.9. The Balaban J connectivity index is 1.35. The number of para-hydroxylation sites is 1. The number of hydrogen-bond acceptors (Lipinski definition) is 5. The largest absolute Gasteiger partial charge is 0.360 e. The van der Waals surface area contributed by atoms with Crippen LogP contribution in [0.4, 0.5) is 0 Å². The molecular weight excluding hydrogens is 396 g/mol. The monoisotopic (exact) mass is 420 g/mol. The van der Waals surface area contributed by atoms with E-state index in [0.717, 1.165) is 72.4 Å². The predicted molar refractivity (Wildman–Crippen MR) is 116 cm³/mol. The summed E-state index contributed by atoms with van der Waals surface area (Å²) in [6.45, 7) is 0. The maximum atomic E-state index is 12.6. The molecule has 0 aliphatic heterocycles. The number of aromatic amines is 1. The molecular formula is C22H24N6OS. The van der Waals surface area contributed by atoms with Crippen LogP contribution in [0.15, 0.2) is 35.6 Å². The topological polar surface area (TPSA) is 99.4 Å². The van der Waals surface area contributed by atoms with E-state index >= 15 is 0 Å². The lowest BCUT2D eigenvalue weighted by Gasteiger charge is -2.31. The van der Waals surface area contributed by atoms with Crippen LogP contribution in [0.1, 0.15) is 51.0 Å². The molecule has 2 N–H and O–H groups in total. The van der Waals surface area contributed by atoms with E-state index < -0.39 is 5.54 Å². The number of rotatable bonds is 6. The van der Waals surface area contributed by atoms with Gasteiger partial charge in [0.05, 0.1) is 11.8 Å². The van der Waals surface area contributed by atoms with Crippen molar-refractivity contribution in [3.63, 3.8) is 0 Å². The molecule has 30 heavy (non-hydrogen) atoms. The van der Waals surface area contributed by atoms with Crippen molar-refractivity contribution in [3.05, 3.63) is 30.5 Å². The van der Waals surface area contributed by atoms with Gasteiger partial charge in [-0.3, -0.25) is 9.36 Å². The van der Waals surface area contributed by atoms with E-state index in [2.05, 4.69) is 37.2 Å². The van der Waals surface area contributed by atoms with Gasteiger partial charge in [-0.15, -0.1) is 10.2 Å². The molecule has 2 fully saturated rings. The molecule has 1 aromatic carbocycles. The Morgan fingerprint density at radius 1 is 1.27 bits per heavy atom. The highest BCUT2D eigenvalue weighted by Crippen LogP contribution is 2.42. The minimum Gasteiger partial charge on any atom is -0.360 e. The van der Waals surface area contributed by atoms with E-state index in [4.69, 9.17) is 0 Å². The number of nitriles is 1. The first-order chi connectivity index (χ1) is 14.7. The molecule has 2 aliphatic carbocycles. The molecule has 5 rings (SSSR count). The SMILES string of the molecule is N#CC1(NC(=O)CSc2nnc(-c3c[nH]c4ccccc34)n2C2CC2)CCCCC1. The maximum absolute atomic E-state index is 12.6. The van der Waals surface area contributed by atoms with Gasteiger partial charge in [0.1, 0.15) is 5.54 Å². The first kappa shape index (κ1) is 19.2. The van der Waals surface area contributed by atoms with E-state index in [9.17, 15) is 10.1 Å². The van der Waals surface area contributed by atoms with Gasteiger partial charge in [0.2, 0.25) is 5.91 Å². The Bertz CT molecular complexity index is 1120. The molecule has 1 amide bonds. The number of thioether (sulfide) groups is 1. The molecule has 0 saturated heterocycles. The van der Waals surface area contributed by atoms with Crippen LogP contribution in [0.2, 0.25) is 0 Å². The van der Waals surface area contributed by atoms with Crippen molar-refractivity contribution < 1.29 is 4.79 Å².